The van der Waals surface area contributed by atoms with Crippen molar-refractivity contribution < 1.29 is 14.8 Å². The maximum Gasteiger partial charge on any atom is 0.314 e. The highest BCUT2D eigenvalue weighted by Crippen LogP contribution is 2.26. The lowest BCUT2D eigenvalue weighted by atomic mass is 10.2. The van der Waals surface area contributed by atoms with Gasteiger partial charge < -0.3 is 10.4 Å². The molecule has 0 saturated carbocycles. The number of carbonyl (C=O) groups is 1. The number of carboxylic acid groups (broad SMARTS) is 1. The number of pyridine rings is 1. The van der Waals surface area contributed by atoms with Gasteiger partial charge in [-0.3, -0.25) is 14.9 Å². The predicted molar refractivity (Wildman–Crippen MR) is 61.0 cm³/mol. The zero-order valence-electron chi connectivity index (χ0n) is 9.51. The second-order valence-electron chi connectivity index (χ2n) is 3.73. The SMILES string of the molecule is Cc1ccnc(NC(C)CC(=O)O)c1[N+](=O)[O-]. The van der Waals surface area contributed by atoms with Crippen LogP contribution < -0.4 is 5.32 Å². The monoisotopic (exact) mass is 239 g/mol. The van der Waals surface area contributed by atoms with Crippen LogP contribution in [0.25, 0.3) is 0 Å². The lowest BCUT2D eigenvalue weighted by molar-refractivity contribution is -0.384. The third kappa shape index (κ3) is 3.40. The molecule has 7 nitrogen and oxygen atoms in total. The Bertz CT molecular complexity index is 447. The summed E-state index contributed by atoms with van der Waals surface area (Å²) in [5, 5.41) is 22.2. The topological polar surface area (TPSA) is 105 Å². The van der Waals surface area contributed by atoms with E-state index >= 15 is 0 Å². The van der Waals surface area contributed by atoms with Crippen LogP contribution in [0.2, 0.25) is 0 Å². The van der Waals surface area contributed by atoms with Gasteiger partial charge in [0, 0.05) is 17.8 Å². The van der Waals surface area contributed by atoms with Crippen LogP contribution in [-0.4, -0.2) is 27.0 Å². The minimum Gasteiger partial charge on any atom is -0.481 e. The third-order valence-electron chi connectivity index (χ3n) is 2.17. The lowest BCUT2D eigenvalue weighted by Crippen LogP contribution is -2.20. The Morgan fingerprint density at radius 1 is 1.71 bits per heavy atom. The summed E-state index contributed by atoms with van der Waals surface area (Å²) in [6.45, 7) is 3.23. The van der Waals surface area contributed by atoms with Crippen molar-refractivity contribution in [2.24, 2.45) is 0 Å². The minimum absolute atomic E-state index is 0.101. The van der Waals surface area contributed by atoms with Crippen LogP contribution in [0.5, 0.6) is 0 Å². The molecule has 1 atom stereocenters. The van der Waals surface area contributed by atoms with Crippen molar-refractivity contribution in [2.75, 3.05) is 5.32 Å². The Labute approximate surface area is 97.6 Å². The number of rotatable bonds is 5. The number of nitrogens with zero attached hydrogens (tertiary/aromatic N) is 2. The predicted octanol–water partition coefficient (Wildman–Crippen LogP) is 1.57. The molecular weight excluding hydrogens is 226 g/mol. The molecule has 0 aliphatic rings. The Kier molecular flexibility index (Phi) is 3.97. The van der Waals surface area contributed by atoms with E-state index in [0.29, 0.717) is 5.56 Å². The largest absolute Gasteiger partial charge is 0.481 e. The molecule has 0 fully saturated rings. The van der Waals surface area contributed by atoms with Crippen molar-refractivity contribution in [1.82, 2.24) is 4.98 Å². The van der Waals surface area contributed by atoms with E-state index in [1.807, 2.05) is 0 Å². The average Bonchev–Trinajstić information content (AvgIpc) is 2.15. The van der Waals surface area contributed by atoms with E-state index in [2.05, 4.69) is 10.3 Å². The zero-order chi connectivity index (χ0) is 13.0. The van der Waals surface area contributed by atoms with Crippen LogP contribution in [0.1, 0.15) is 18.9 Å². The van der Waals surface area contributed by atoms with E-state index in [0.717, 1.165) is 0 Å². The van der Waals surface area contributed by atoms with Crippen LogP contribution in [0.3, 0.4) is 0 Å². The number of aromatic nitrogens is 1. The Morgan fingerprint density at radius 2 is 2.35 bits per heavy atom. The first-order valence-electron chi connectivity index (χ1n) is 5.00. The van der Waals surface area contributed by atoms with Gasteiger partial charge >= 0.3 is 11.7 Å². The van der Waals surface area contributed by atoms with Crippen LogP contribution in [-0.2, 0) is 4.79 Å². The number of hydrogen-bond donors (Lipinski definition) is 2. The molecule has 0 amide bonds. The highest BCUT2D eigenvalue weighted by atomic mass is 16.6. The number of anilines is 1. The summed E-state index contributed by atoms with van der Waals surface area (Å²) >= 11 is 0. The molecule has 1 aromatic heterocycles. The molecule has 7 heteroatoms. The molecule has 1 aromatic rings. The third-order valence-corrected chi connectivity index (χ3v) is 2.17. The fourth-order valence-electron chi connectivity index (χ4n) is 1.43. The fourth-order valence-corrected chi connectivity index (χ4v) is 1.43. The van der Waals surface area contributed by atoms with E-state index in [1.165, 1.54) is 12.3 Å². The Hall–Kier alpha value is -2.18. The normalized spacial score (nSPS) is 11.9. The van der Waals surface area contributed by atoms with Crippen molar-refractivity contribution in [2.45, 2.75) is 26.3 Å². The van der Waals surface area contributed by atoms with Crippen molar-refractivity contribution >= 4 is 17.5 Å². The fraction of sp³-hybridized carbons (Fsp3) is 0.400. The summed E-state index contributed by atoms with van der Waals surface area (Å²) in [4.78, 5) is 24.7. The van der Waals surface area contributed by atoms with Gasteiger partial charge in [0.25, 0.3) is 0 Å². The Balaban J connectivity index is 2.94. The maximum atomic E-state index is 10.9. The summed E-state index contributed by atoms with van der Waals surface area (Å²) in [6.07, 6.45) is 1.31. The smallest absolute Gasteiger partial charge is 0.314 e. The van der Waals surface area contributed by atoms with Crippen molar-refractivity contribution in [1.29, 1.82) is 0 Å². The van der Waals surface area contributed by atoms with Gasteiger partial charge in [0.15, 0.2) is 0 Å². The van der Waals surface area contributed by atoms with Gasteiger partial charge in [-0.05, 0) is 19.9 Å². The number of aryl methyl sites for hydroxylation is 1. The highest BCUT2D eigenvalue weighted by Gasteiger charge is 2.20. The maximum absolute atomic E-state index is 10.9. The standard InChI is InChI=1S/C10H13N3O4/c1-6-3-4-11-10(9(6)13(16)17)12-7(2)5-8(14)15/h3-4,7H,5H2,1-2H3,(H,11,12)(H,14,15). The molecule has 0 bridgehead atoms. The molecule has 0 aliphatic heterocycles. The molecule has 1 rings (SSSR count). The number of hydrogen-bond acceptors (Lipinski definition) is 5. The summed E-state index contributed by atoms with van der Waals surface area (Å²) in [6, 6.07) is 1.10. The number of nitro groups is 1. The van der Waals surface area contributed by atoms with E-state index in [1.54, 1.807) is 13.8 Å². The van der Waals surface area contributed by atoms with E-state index in [9.17, 15) is 14.9 Å². The summed E-state index contributed by atoms with van der Waals surface area (Å²) in [5.74, 6) is -0.871. The minimum atomic E-state index is -0.972. The summed E-state index contributed by atoms with van der Waals surface area (Å²) in [5.41, 5.74) is 0.361. The molecule has 0 radical (unpaired) electrons. The van der Waals surface area contributed by atoms with Gasteiger partial charge in [0.1, 0.15) is 0 Å². The van der Waals surface area contributed by atoms with E-state index < -0.39 is 16.9 Å². The average molecular weight is 239 g/mol. The van der Waals surface area contributed by atoms with Crippen LogP contribution in [0.4, 0.5) is 11.5 Å². The van der Waals surface area contributed by atoms with Gasteiger partial charge in [0.05, 0.1) is 11.3 Å². The van der Waals surface area contributed by atoms with Crippen molar-refractivity contribution in [3.05, 3.63) is 27.9 Å². The molecule has 2 N–H and O–H groups in total. The van der Waals surface area contributed by atoms with Gasteiger partial charge in [0.2, 0.25) is 5.82 Å². The molecule has 0 aromatic carbocycles. The first-order chi connectivity index (χ1) is 7.91. The van der Waals surface area contributed by atoms with Crippen molar-refractivity contribution in [3.8, 4) is 0 Å². The van der Waals surface area contributed by atoms with Crippen LogP contribution >= 0.6 is 0 Å². The first-order valence-corrected chi connectivity index (χ1v) is 5.00. The summed E-state index contributed by atoms with van der Waals surface area (Å²) in [7, 11) is 0. The van der Waals surface area contributed by atoms with Gasteiger partial charge in [-0.25, -0.2) is 4.98 Å². The quantitative estimate of drug-likeness (QED) is 0.596. The zero-order valence-corrected chi connectivity index (χ0v) is 9.51. The second kappa shape index (κ2) is 5.24. The molecule has 17 heavy (non-hydrogen) atoms. The molecule has 92 valence electrons. The highest BCUT2D eigenvalue weighted by molar-refractivity contribution is 5.69. The molecular formula is C10H13N3O4. The second-order valence-corrected chi connectivity index (χ2v) is 3.73. The van der Waals surface area contributed by atoms with E-state index in [4.69, 9.17) is 5.11 Å². The van der Waals surface area contributed by atoms with Gasteiger partial charge in [-0.15, -0.1) is 0 Å². The number of nitrogens with one attached hydrogen (secondary N) is 1. The summed E-state index contributed by atoms with van der Waals surface area (Å²) < 4.78 is 0. The molecule has 0 aliphatic carbocycles. The molecule has 1 heterocycles. The number of carboxylic acids is 1. The molecule has 0 saturated heterocycles. The van der Waals surface area contributed by atoms with E-state index in [-0.39, 0.29) is 17.9 Å². The van der Waals surface area contributed by atoms with Crippen LogP contribution in [0, 0.1) is 17.0 Å². The lowest BCUT2D eigenvalue weighted by Gasteiger charge is -2.12. The van der Waals surface area contributed by atoms with Crippen molar-refractivity contribution in [3.63, 3.8) is 0 Å². The van der Waals surface area contributed by atoms with Gasteiger partial charge in [-0.1, -0.05) is 0 Å². The van der Waals surface area contributed by atoms with Gasteiger partial charge in [-0.2, -0.15) is 0 Å². The Morgan fingerprint density at radius 3 is 2.88 bits per heavy atom. The number of aliphatic carboxylic acids is 1. The molecule has 1 unspecified atom stereocenters. The first kappa shape index (κ1) is 12.9. The molecule has 0 spiro atoms. The van der Waals surface area contributed by atoms with Crippen LogP contribution in [0.15, 0.2) is 12.3 Å².